The Morgan fingerprint density at radius 1 is 1.06 bits per heavy atom. The molecule has 2 aromatic carbocycles. The maximum Gasteiger partial charge on any atom is 0.330 e. The van der Waals surface area contributed by atoms with Crippen molar-refractivity contribution in [1.82, 2.24) is 9.55 Å². The van der Waals surface area contributed by atoms with Gasteiger partial charge in [-0.3, -0.25) is 14.3 Å². The van der Waals surface area contributed by atoms with Crippen molar-refractivity contribution in [2.24, 2.45) is 0 Å². The summed E-state index contributed by atoms with van der Waals surface area (Å²) in [5, 5.41) is 12.9. The molecule has 2 N–H and O–H groups in total. The van der Waals surface area contributed by atoms with E-state index < -0.39 is 38.0 Å². The Kier molecular flexibility index (Phi) is 6.77. The molecule has 0 bridgehead atoms. The first kappa shape index (κ1) is 24.3. The maximum absolute atomic E-state index is 12.3. The molecule has 2 heterocycles. The van der Waals surface area contributed by atoms with E-state index >= 15 is 0 Å². The number of hydrogen-bond acceptors (Lipinski definition) is 5. The van der Waals surface area contributed by atoms with Gasteiger partial charge in [0.2, 0.25) is 0 Å². The summed E-state index contributed by atoms with van der Waals surface area (Å²) >= 11 is 0. The third-order valence-electron chi connectivity index (χ3n) is 6.54. The summed E-state index contributed by atoms with van der Waals surface area (Å²) in [6, 6.07) is 20.5. The molecule has 0 spiro atoms. The van der Waals surface area contributed by atoms with Gasteiger partial charge >= 0.3 is 5.69 Å². The number of aromatic nitrogens is 2. The zero-order chi connectivity index (χ0) is 24.5. The minimum absolute atomic E-state index is 0.183. The van der Waals surface area contributed by atoms with Gasteiger partial charge in [-0.25, -0.2) is 4.79 Å². The number of aliphatic hydroxyl groups excluding tert-OH is 1. The van der Waals surface area contributed by atoms with Gasteiger partial charge in [-0.1, -0.05) is 81.4 Å². The molecule has 0 amide bonds. The van der Waals surface area contributed by atoms with Crippen LogP contribution in [0.1, 0.15) is 39.0 Å². The Morgan fingerprint density at radius 2 is 1.62 bits per heavy atom. The lowest BCUT2D eigenvalue weighted by Crippen LogP contribution is -2.67. The van der Waals surface area contributed by atoms with Crippen molar-refractivity contribution >= 4 is 18.7 Å². The van der Waals surface area contributed by atoms with Crippen LogP contribution in [0.15, 0.2) is 76.4 Å². The predicted molar refractivity (Wildman–Crippen MR) is 134 cm³/mol. The Hall–Kier alpha value is -2.78. The molecule has 0 saturated carbocycles. The van der Waals surface area contributed by atoms with Crippen LogP contribution in [0, 0.1) is 6.92 Å². The van der Waals surface area contributed by atoms with E-state index in [1.54, 1.807) is 6.92 Å². The second-order valence-electron chi connectivity index (χ2n) is 9.89. The van der Waals surface area contributed by atoms with Gasteiger partial charge in [0.05, 0.1) is 12.7 Å². The highest BCUT2D eigenvalue weighted by atomic mass is 28.4. The Balaban J connectivity index is 1.66. The monoisotopic (exact) mass is 480 g/mol. The van der Waals surface area contributed by atoms with Crippen molar-refractivity contribution in [1.29, 1.82) is 0 Å². The quantitative estimate of drug-likeness (QED) is 0.527. The molecule has 8 heteroatoms. The number of nitrogens with one attached hydrogen (secondary N) is 1. The molecule has 7 nitrogen and oxygen atoms in total. The van der Waals surface area contributed by atoms with Crippen LogP contribution < -0.4 is 21.6 Å². The van der Waals surface area contributed by atoms with Crippen LogP contribution >= 0.6 is 0 Å². The van der Waals surface area contributed by atoms with E-state index in [0.29, 0.717) is 5.56 Å². The van der Waals surface area contributed by atoms with Crippen molar-refractivity contribution in [3.05, 3.63) is 93.3 Å². The van der Waals surface area contributed by atoms with E-state index in [9.17, 15) is 14.7 Å². The largest absolute Gasteiger partial charge is 0.405 e. The average molecular weight is 481 g/mol. The summed E-state index contributed by atoms with van der Waals surface area (Å²) in [7, 11) is -2.78. The van der Waals surface area contributed by atoms with Crippen LogP contribution in [0.4, 0.5) is 0 Å². The van der Waals surface area contributed by atoms with Crippen LogP contribution in [0.2, 0.25) is 5.04 Å². The molecule has 1 fully saturated rings. The summed E-state index contributed by atoms with van der Waals surface area (Å²) in [4.78, 5) is 26.4. The second-order valence-corrected chi connectivity index (χ2v) is 14.2. The van der Waals surface area contributed by atoms with Gasteiger partial charge in [-0.05, 0) is 22.3 Å². The van der Waals surface area contributed by atoms with E-state index in [4.69, 9.17) is 9.16 Å². The summed E-state index contributed by atoms with van der Waals surface area (Å²) in [5.74, 6) is 0. The van der Waals surface area contributed by atoms with Crippen LogP contribution in [-0.4, -0.2) is 41.8 Å². The Bertz CT molecular complexity index is 1190. The Morgan fingerprint density at radius 3 is 2.15 bits per heavy atom. The highest BCUT2D eigenvalue weighted by Crippen LogP contribution is 2.38. The van der Waals surface area contributed by atoms with Crippen molar-refractivity contribution in [3.63, 3.8) is 0 Å². The van der Waals surface area contributed by atoms with E-state index in [1.165, 1.54) is 10.8 Å². The molecule has 1 aromatic heterocycles. The summed E-state index contributed by atoms with van der Waals surface area (Å²) < 4.78 is 14.3. The summed E-state index contributed by atoms with van der Waals surface area (Å²) in [6.45, 7) is 8.38. The molecular formula is C26H32N2O5Si. The summed E-state index contributed by atoms with van der Waals surface area (Å²) in [6.07, 6.45) is -0.372. The molecule has 0 radical (unpaired) electrons. The first-order valence-corrected chi connectivity index (χ1v) is 13.4. The standard InChI is InChI=1S/C26H32N2O5Si/c1-18-16-28(25(31)27-24(18)30)23-15-21(29)22(33-23)17-32-34(26(2,3)4,19-11-7-5-8-12-19)20-13-9-6-10-14-20/h5-14,16,21-23,29H,15,17H2,1-4H3,(H,27,30,31). The smallest absolute Gasteiger partial charge is 0.330 e. The molecule has 1 aliphatic rings. The molecule has 1 aliphatic heterocycles. The fourth-order valence-electron chi connectivity index (χ4n) is 4.80. The number of aryl methyl sites for hydroxylation is 1. The second kappa shape index (κ2) is 9.46. The topological polar surface area (TPSA) is 93.6 Å². The number of hydrogen-bond donors (Lipinski definition) is 2. The van der Waals surface area contributed by atoms with E-state index in [2.05, 4.69) is 50.0 Å². The third kappa shape index (κ3) is 4.46. The number of aliphatic hydroxyl groups is 1. The summed E-state index contributed by atoms with van der Waals surface area (Å²) in [5.41, 5.74) is -0.572. The molecule has 180 valence electrons. The fraction of sp³-hybridized carbons (Fsp3) is 0.385. The normalized spacial score (nSPS) is 21.0. The fourth-order valence-corrected chi connectivity index (χ4v) is 9.37. The number of H-pyrrole nitrogens is 1. The van der Waals surface area contributed by atoms with Crippen LogP contribution in [-0.2, 0) is 9.16 Å². The van der Waals surface area contributed by atoms with Crippen molar-refractivity contribution < 1.29 is 14.3 Å². The zero-order valence-electron chi connectivity index (χ0n) is 20.0. The lowest BCUT2D eigenvalue weighted by atomic mass is 10.2. The van der Waals surface area contributed by atoms with Gasteiger partial charge in [-0.15, -0.1) is 0 Å². The molecule has 3 unspecified atom stereocenters. The van der Waals surface area contributed by atoms with Crippen molar-refractivity contribution in [2.75, 3.05) is 6.61 Å². The Labute approximate surface area is 200 Å². The molecule has 4 rings (SSSR count). The number of aromatic amines is 1. The molecule has 3 aromatic rings. The first-order valence-electron chi connectivity index (χ1n) is 11.5. The first-order chi connectivity index (χ1) is 16.1. The highest BCUT2D eigenvalue weighted by Gasteiger charge is 2.51. The van der Waals surface area contributed by atoms with Gasteiger partial charge in [0.15, 0.2) is 0 Å². The SMILES string of the molecule is Cc1cn(C2CC(O)C(CO[Si](c3ccccc3)(c3ccccc3)C(C)(C)C)O2)c(=O)[nH]c1=O. The number of ether oxygens (including phenoxy) is 1. The van der Waals surface area contributed by atoms with Gasteiger partial charge in [0, 0.05) is 18.2 Å². The molecule has 1 saturated heterocycles. The third-order valence-corrected chi connectivity index (χ3v) is 11.5. The van der Waals surface area contributed by atoms with E-state index in [1.807, 2.05) is 36.4 Å². The van der Waals surface area contributed by atoms with Gasteiger partial charge in [-0.2, -0.15) is 0 Å². The average Bonchev–Trinajstić information content (AvgIpc) is 3.17. The molecule has 3 atom stereocenters. The molecule has 34 heavy (non-hydrogen) atoms. The zero-order valence-corrected chi connectivity index (χ0v) is 21.0. The minimum atomic E-state index is -2.78. The van der Waals surface area contributed by atoms with Gasteiger partial charge in [0.1, 0.15) is 12.3 Å². The lowest BCUT2D eigenvalue weighted by molar-refractivity contribution is -0.0427. The molecule has 0 aliphatic carbocycles. The van der Waals surface area contributed by atoms with Crippen molar-refractivity contribution in [2.45, 2.75) is 57.6 Å². The van der Waals surface area contributed by atoms with E-state index in [-0.39, 0.29) is 18.1 Å². The van der Waals surface area contributed by atoms with Crippen LogP contribution in [0.5, 0.6) is 0 Å². The van der Waals surface area contributed by atoms with E-state index in [0.717, 1.165) is 10.4 Å². The van der Waals surface area contributed by atoms with Crippen molar-refractivity contribution in [3.8, 4) is 0 Å². The number of rotatable bonds is 6. The van der Waals surface area contributed by atoms with Gasteiger partial charge in [0.25, 0.3) is 13.9 Å². The number of benzene rings is 2. The predicted octanol–water partition coefficient (Wildman–Crippen LogP) is 2.07. The molecular weight excluding hydrogens is 448 g/mol. The van der Waals surface area contributed by atoms with Gasteiger partial charge < -0.3 is 14.3 Å². The maximum atomic E-state index is 12.3. The minimum Gasteiger partial charge on any atom is -0.405 e. The lowest BCUT2D eigenvalue weighted by Gasteiger charge is -2.43. The number of nitrogens with zero attached hydrogens (tertiary/aromatic N) is 1. The van der Waals surface area contributed by atoms with Crippen LogP contribution in [0.3, 0.4) is 0 Å². The highest BCUT2D eigenvalue weighted by molar-refractivity contribution is 6.99. The van der Waals surface area contributed by atoms with Crippen LogP contribution in [0.25, 0.3) is 0 Å².